The minimum atomic E-state index is 0.282. The van der Waals surface area contributed by atoms with E-state index in [2.05, 4.69) is 0 Å². The Hall–Kier alpha value is -0.790. The summed E-state index contributed by atoms with van der Waals surface area (Å²) in [5.41, 5.74) is 6.93. The molecular formula is C8H16N2. The second-order valence-electron chi connectivity index (χ2n) is 2.68. The lowest BCUT2D eigenvalue weighted by Gasteiger charge is -2.02. The Morgan fingerprint density at radius 1 is 1.60 bits per heavy atom. The third-order valence-corrected chi connectivity index (χ3v) is 1.37. The zero-order chi connectivity index (χ0) is 8.15. The van der Waals surface area contributed by atoms with Crippen molar-refractivity contribution in [1.82, 2.24) is 0 Å². The fraction of sp³-hybridized carbons (Fsp3) is 0.625. The Labute approximate surface area is 62.6 Å². The van der Waals surface area contributed by atoms with Gasteiger partial charge in [-0.1, -0.05) is 20.8 Å². The van der Waals surface area contributed by atoms with Crippen molar-refractivity contribution in [3.05, 3.63) is 11.8 Å². The van der Waals surface area contributed by atoms with E-state index >= 15 is 0 Å². The summed E-state index contributed by atoms with van der Waals surface area (Å²) >= 11 is 0. The smallest absolute Gasteiger partial charge is 0.0356 e. The van der Waals surface area contributed by atoms with Crippen LogP contribution in [0, 0.1) is 11.3 Å². The van der Waals surface area contributed by atoms with Crippen LogP contribution in [0.15, 0.2) is 11.8 Å². The molecule has 2 nitrogen and oxygen atoms in total. The molecule has 10 heavy (non-hydrogen) atoms. The van der Waals surface area contributed by atoms with E-state index in [1.165, 1.54) is 0 Å². The molecule has 0 aliphatic heterocycles. The topological polar surface area (TPSA) is 49.9 Å². The first-order chi connectivity index (χ1) is 4.57. The molecular weight excluding hydrogens is 124 g/mol. The van der Waals surface area contributed by atoms with Crippen molar-refractivity contribution in [2.75, 3.05) is 0 Å². The molecule has 2 heteroatoms. The van der Waals surface area contributed by atoms with Crippen LogP contribution >= 0.6 is 0 Å². The van der Waals surface area contributed by atoms with Gasteiger partial charge in [-0.3, -0.25) is 0 Å². The molecule has 0 fully saturated rings. The predicted molar refractivity (Wildman–Crippen MR) is 45.1 cm³/mol. The summed E-state index contributed by atoms with van der Waals surface area (Å²) in [4.78, 5) is 0. The lowest BCUT2D eigenvalue weighted by atomic mass is 10.1. The van der Waals surface area contributed by atoms with Gasteiger partial charge >= 0.3 is 0 Å². The predicted octanol–water partition coefficient (Wildman–Crippen LogP) is 1.91. The molecule has 0 aromatic carbocycles. The van der Waals surface area contributed by atoms with E-state index in [1.807, 2.05) is 20.8 Å². The minimum absolute atomic E-state index is 0.282. The van der Waals surface area contributed by atoms with Crippen LogP contribution in [-0.2, 0) is 0 Å². The third-order valence-electron chi connectivity index (χ3n) is 1.37. The number of nitrogens with two attached hydrogens (primary N) is 1. The maximum atomic E-state index is 7.42. The van der Waals surface area contributed by atoms with Crippen LogP contribution in [0.1, 0.15) is 27.2 Å². The standard InChI is InChI=1S/C8H16N2/c1-4-7(9)5-8(10)6(2)3/h5-6,10H,4,9H2,1-3H3/b7-5-,10-8?. The van der Waals surface area contributed by atoms with E-state index in [-0.39, 0.29) is 5.92 Å². The number of hydrogen-bond acceptors (Lipinski definition) is 2. The second kappa shape index (κ2) is 4.09. The number of hydrogen-bond donors (Lipinski definition) is 2. The summed E-state index contributed by atoms with van der Waals surface area (Å²) in [5.74, 6) is 0.282. The van der Waals surface area contributed by atoms with Crippen molar-refractivity contribution in [2.45, 2.75) is 27.2 Å². The fourth-order valence-corrected chi connectivity index (χ4v) is 0.468. The summed E-state index contributed by atoms with van der Waals surface area (Å²) in [6, 6.07) is 0. The lowest BCUT2D eigenvalue weighted by Crippen LogP contribution is -2.06. The maximum absolute atomic E-state index is 7.42. The maximum Gasteiger partial charge on any atom is 0.0356 e. The fourth-order valence-electron chi connectivity index (χ4n) is 0.468. The van der Waals surface area contributed by atoms with Crippen LogP contribution in [0.3, 0.4) is 0 Å². The quantitative estimate of drug-likeness (QED) is 0.578. The average molecular weight is 140 g/mol. The second-order valence-corrected chi connectivity index (χ2v) is 2.68. The summed E-state index contributed by atoms with van der Waals surface area (Å²) in [6.45, 7) is 5.96. The normalized spacial score (nSPS) is 12.2. The lowest BCUT2D eigenvalue weighted by molar-refractivity contribution is 0.879. The molecule has 0 atom stereocenters. The molecule has 0 aliphatic rings. The van der Waals surface area contributed by atoms with Gasteiger partial charge in [0.1, 0.15) is 0 Å². The number of allylic oxidation sites excluding steroid dienone is 2. The van der Waals surface area contributed by atoms with Crippen LogP contribution in [0.25, 0.3) is 0 Å². The monoisotopic (exact) mass is 140 g/mol. The molecule has 0 aromatic rings. The minimum Gasteiger partial charge on any atom is -0.402 e. The molecule has 0 radical (unpaired) electrons. The SMILES string of the molecule is CC/C(N)=C/C(=N)C(C)C. The van der Waals surface area contributed by atoms with Gasteiger partial charge in [-0.05, 0) is 18.4 Å². The molecule has 0 aromatic heterocycles. The highest BCUT2D eigenvalue weighted by atomic mass is 14.6. The van der Waals surface area contributed by atoms with Crippen molar-refractivity contribution < 1.29 is 0 Å². The van der Waals surface area contributed by atoms with Gasteiger partial charge in [-0.2, -0.15) is 0 Å². The highest BCUT2D eigenvalue weighted by Gasteiger charge is 1.98. The van der Waals surface area contributed by atoms with Crippen molar-refractivity contribution in [2.24, 2.45) is 11.7 Å². The molecule has 0 bridgehead atoms. The van der Waals surface area contributed by atoms with Gasteiger partial charge < -0.3 is 11.1 Å². The largest absolute Gasteiger partial charge is 0.402 e. The van der Waals surface area contributed by atoms with Gasteiger partial charge in [0.05, 0.1) is 0 Å². The van der Waals surface area contributed by atoms with Crippen LogP contribution < -0.4 is 5.73 Å². The Bertz CT molecular complexity index is 145. The van der Waals surface area contributed by atoms with Crippen LogP contribution in [0.2, 0.25) is 0 Å². The van der Waals surface area contributed by atoms with Crippen LogP contribution in [0.5, 0.6) is 0 Å². The average Bonchev–Trinajstić information content (AvgIpc) is 1.87. The van der Waals surface area contributed by atoms with E-state index < -0.39 is 0 Å². The summed E-state index contributed by atoms with van der Waals surface area (Å²) < 4.78 is 0. The molecule has 0 aliphatic carbocycles. The van der Waals surface area contributed by atoms with Crippen LogP contribution in [-0.4, -0.2) is 5.71 Å². The zero-order valence-corrected chi connectivity index (χ0v) is 6.94. The summed E-state index contributed by atoms with van der Waals surface area (Å²) in [6.07, 6.45) is 2.57. The Morgan fingerprint density at radius 3 is 2.40 bits per heavy atom. The molecule has 0 rings (SSSR count). The van der Waals surface area contributed by atoms with E-state index in [9.17, 15) is 0 Å². The molecule has 0 saturated heterocycles. The Balaban J connectivity index is 4.00. The number of nitrogens with one attached hydrogen (secondary N) is 1. The zero-order valence-electron chi connectivity index (χ0n) is 6.94. The highest BCUT2D eigenvalue weighted by Crippen LogP contribution is 1.99. The Kier molecular flexibility index (Phi) is 3.77. The van der Waals surface area contributed by atoms with Crippen molar-refractivity contribution >= 4 is 5.71 Å². The van der Waals surface area contributed by atoms with Gasteiger partial charge in [0.25, 0.3) is 0 Å². The third kappa shape index (κ3) is 3.28. The molecule has 0 spiro atoms. The van der Waals surface area contributed by atoms with E-state index in [0.717, 1.165) is 12.1 Å². The highest BCUT2D eigenvalue weighted by molar-refractivity contribution is 5.94. The van der Waals surface area contributed by atoms with Crippen molar-refractivity contribution in [1.29, 1.82) is 5.41 Å². The van der Waals surface area contributed by atoms with Gasteiger partial charge in [0.15, 0.2) is 0 Å². The summed E-state index contributed by atoms with van der Waals surface area (Å²) in [5, 5.41) is 7.42. The van der Waals surface area contributed by atoms with E-state index in [4.69, 9.17) is 11.1 Å². The van der Waals surface area contributed by atoms with Crippen molar-refractivity contribution in [3.8, 4) is 0 Å². The van der Waals surface area contributed by atoms with Gasteiger partial charge in [0.2, 0.25) is 0 Å². The first-order valence-electron chi connectivity index (χ1n) is 3.62. The molecule has 3 N–H and O–H groups in total. The van der Waals surface area contributed by atoms with E-state index in [0.29, 0.717) is 5.71 Å². The molecule has 0 amide bonds. The van der Waals surface area contributed by atoms with E-state index in [1.54, 1.807) is 6.08 Å². The Morgan fingerprint density at radius 2 is 2.10 bits per heavy atom. The van der Waals surface area contributed by atoms with Crippen molar-refractivity contribution in [3.63, 3.8) is 0 Å². The molecule has 0 saturated carbocycles. The van der Waals surface area contributed by atoms with Crippen LogP contribution in [0.4, 0.5) is 0 Å². The molecule has 58 valence electrons. The van der Waals surface area contributed by atoms with Gasteiger partial charge in [-0.25, -0.2) is 0 Å². The molecule has 0 heterocycles. The number of rotatable bonds is 3. The first-order valence-corrected chi connectivity index (χ1v) is 3.62. The molecule has 0 unspecified atom stereocenters. The van der Waals surface area contributed by atoms with Gasteiger partial charge in [-0.15, -0.1) is 0 Å². The summed E-state index contributed by atoms with van der Waals surface area (Å²) in [7, 11) is 0. The first kappa shape index (κ1) is 9.21. The van der Waals surface area contributed by atoms with Gasteiger partial charge in [0, 0.05) is 11.4 Å².